The highest BCUT2D eigenvalue weighted by Crippen LogP contribution is 2.39. The summed E-state index contributed by atoms with van der Waals surface area (Å²) in [6.07, 6.45) is 7.41. The molecule has 1 N–H and O–H groups in total. The van der Waals surface area contributed by atoms with Crippen LogP contribution in [0, 0.1) is 11.7 Å². The standard InChI is InChI=1S/C13H19FN4/c1-15-13-16-8-10(14)12(17-13)18-7-3-5-9-4-2-6-11(9)18/h8-9,11H,2-7H2,1H3,(H,15,16,17). The Hall–Kier alpha value is -1.39. The van der Waals surface area contributed by atoms with E-state index in [2.05, 4.69) is 20.2 Å². The van der Waals surface area contributed by atoms with Crippen molar-refractivity contribution in [1.82, 2.24) is 9.97 Å². The van der Waals surface area contributed by atoms with Gasteiger partial charge < -0.3 is 10.2 Å². The molecule has 1 aromatic rings. The second kappa shape index (κ2) is 4.71. The molecule has 2 fully saturated rings. The predicted molar refractivity (Wildman–Crippen MR) is 69.2 cm³/mol. The molecule has 4 nitrogen and oxygen atoms in total. The zero-order valence-corrected chi connectivity index (χ0v) is 10.7. The monoisotopic (exact) mass is 250 g/mol. The smallest absolute Gasteiger partial charge is 0.224 e. The second-order valence-corrected chi connectivity index (χ2v) is 5.21. The van der Waals surface area contributed by atoms with Gasteiger partial charge in [-0.3, -0.25) is 0 Å². The number of fused-ring (bicyclic) bond motifs is 1. The molecule has 0 bridgehead atoms. The Morgan fingerprint density at radius 1 is 1.33 bits per heavy atom. The van der Waals surface area contributed by atoms with Crippen molar-refractivity contribution in [1.29, 1.82) is 0 Å². The maximum atomic E-state index is 14.0. The van der Waals surface area contributed by atoms with Crippen LogP contribution in [0.5, 0.6) is 0 Å². The average molecular weight is 250 g/mol. The first-order valence-corrected chi connectivity index (χ1v) is 6.76. The quantitative estimate of drug-likeness (QED) is 0.875. The van der Waals surface area contributed by atoms with Crippen LogP contribution < -0.4 is 10.2 Å². The van der Waals surface area contributed by atoms with Crippen molar-refractivity contribution in [3.63, 3.8) is 0 Å². The summed E-state index contributed by atoms with van der Waals surface area (Å²) < 4.78 is 14.0. The third-order valence-corrected chi connectivity index (χ3v) is 4.21. The third kappa shape index (κ3) is 1.91. The maximum Gasteiger partial charge on any atom is 0.224 e. The summed E-state index contributed by atoms with van der Waals surface area (Å²) in [7, 11) is 1.76. The van der Waals surface area contributed by atoms with Crippen LogP contribution in [0.2, 0.25) is 0 Å². The minimum Gasteiger partial charge on any atom is -0.357 e. The van der Waals surface area contributed by atoms with Gasteiger partial charge in [0.05, 0.1) is 6.20 Å². The summed E-state index contributed by atoms with van der Waals surface area (Å²) in [6.45, 7) is 0.915. The van der Waals surface area contributed by atoms with Crippen LogP contribution in [0.4, 0.5) is 16.2 Å². The van der Waals surface area contributed by atoms with E-state index in [1.165, 1.54) is 31.9 Å². The second-order valence-electron chi connectivity index (χ2n) is 5.21. The molecule has 1 saturated carbocycles. The van der Waals surface area contributed by atoms with E-state index in [0.717, 1.165) is 18.9 Å². The number of aromatic nitrogens is 2. The minimum atomic E-state index is -0.304. The normalized spacial score (nSPS) is 27.1. The van der Waals surface area contributed by atoms with Crippen LogP contribution in [0.25, 0.3) is 0 Å². The zero-order chi connectivity index (χ0) is 12.5. The molecule has 0 radical (unpaired) electrons. The van der Waals surface area contributed by atoms with Gasteiger partial charge in [-0.25, -0.2) is 9.37 Å². The summed E-state index contributed by atoms with van der Waals surface area (Å²) in [4.78, 5) is 10.4. The molecule has 5 heteroatoms. The molecule has 18 heavy (non-hydrogen) atoms. The van der Waals surface area contributed by atoms with Gasteiger partial charge in [-0.05, 0) is 31.6 Å². The molecule has 2 atom stereocenters. The maximum absolute atomic E-state index is 14.0. The van der Waals surface area contributed by atoms with Gasteiger partial charge in [0.15, 0.2) is 11.6 Å². The van der Waals surface area contributed by atoms with E-state index in [4.69, 9.17) is 0 Å². The minimum absolute atomic E-state index is 0.304. The number of rotatable bonds is 2. The Morgan fingerprint density at radius 2 is 2.17 bits per heavy atom. The van der Waals surface area contributed by atoms with Crippen molar-refractivity contribution in [2.24, 2.45) is 5.92 Å². The SMILES string of the molecule is CNc1ncc(F)c(N2CCCC3CCCC32)n1. The van der Waals surface area contributed by atoms with Gasteiger partial charge in [0.25, 0.3) is 0 Å². The lowest BCUT2D eigenvalue weighted by Gasteiger charge is -2.38. The van der Waals surface area contributed by atoms with Gasteiger partial charge in [0.1, 0.15) is 0 Å². The van der Waals surface area contributed by atoms with E-state index in [1.54, 1.807) is 7.05 Å². The van der Waals surface area contributed by atoms with Gasteiger partial charge in [-0.15, -0.1) is 0 Å². The molecular weight excluding hydrogens is 231 g/mol. The molecule has 0 amide bonds. The number of hydrogen-bond donors (Lipinski definition) is 1. The molecule has 2 heterocycles. The van der Waals surface area contributed by atoms with E-state index in [9.17, 15) is 4.39 Å². The van der Waals surface area contributed by atoms with Crippen molar-refractivity contribution in [2.45, 2.75) is 38.1 Å². The largest absolute Gasteiger partial charge is 0.357 e. The van der Waals surface area contributed by atoms with Crippen LogP contribution in [0.3, 0.4) is 0 Å². The summed E-state index contributed by atoms with van der Waals surface area (Å²) in [5, 5.41) is 2.88. The Bertz CT molecular complexity index is 437. The molecule has 1 aliphatic heterocycles. The number of nitrogens with one attached hydrogen (secondary N) is 1. The first kappa shape index (κ1) is 11.7. The highest BCUT2D eigenvalue weighted by Gasteiger charge is 2.36. The van der Waals surface area contributed by atoms with E-state index >= 15 is 0 Å². The van der Waals surface area contributed by atoms with Crippen LogP contribution in [-0.2, 0) is 0 Å². The number of halogens is 1. The first-order valence-electron chi connectivity index (χ1n) is 6.76. The fourth-order valence-corrected chi connectivity index (χ4v) is 3.40. The topological polar surface area (TPSA) is 41.1 Å². The Kier molecular flexibility index (Phi) is 3.06. The van der Waals surface area contributed by atoms with E-state index in [1.807, 2.05) is 0 Å². The summed E-state index contributed by atoms with van der Waals surface area (Å²) >= 11 is 0. The number of nitrogens with zero attached hydrogens (tertiary/aromatic N) is 3. The molecule has 2 aliphatic rings. The molecule has 1 aliphatic carbocycles. The molecule has 3 rings (SSSR count). The lowest BCUT2D eigenvalue weighted by molar-refractivity contribution is 0.357. The lowest BCUT2D eigenvalue weighted by atomic mass is 9.92. The van der Waals surface area contributed by atoms with Crippen molar-refractivity contribution < 1.29 is 4.39 Å². The molecule has 1 saturated heterocycles. The van der Waals surface area contributed by atoms with E-state index in [0.29, 0.717) is 17.8 Å². The highest BCUT2D eigenvalue weighted by molar-refractivity contribution is 5.45. The van der Waals surface area contributed by atoms with Gasteiger partial charge in [0.2, 0.25) is 5.95 Å². The molecule has 2 unspecified atom stereocenters. The van der Waals surface area contributed by atoms with Gasteiger partial charge in [-0.1, -0.05) is 6.42 Å². The molecule has 98 valence electrons. The van der Waals surface area contributed by atoms with Gasteiger partial charge >= 0.3 is 0 Å². The predicted octanol–water partition coefficient (Wildman–Crippen LogP) is 2.43. The van der Waals surface area contributed by atoms with Crippen molar-refractivity contribution in [3.05, 3.63) is 12.0 Å². The first-order chi connectivity index (χ1) is 8.79. The van der Waals surface area contributed by atoms with Crippen LogP contribution in [0.15, 0.2) is 6.20 Å². The number of anilines is 2. The summed E-state index contributed by atoms with van der Waals surface area (Å²) in [5.41, 5.74) is 0. The van der Waals surface area contributed by atoms with Crippen molar-refractivity contribution in [2.75, 3.05) is 23.8 Å². The van der Waals surface area contributed by atoms with Crippen LogP contribution >= 0.6 is 0 Å². The number of hydrogen-bond acceptors (Lipinski definition) is 4. The van der Waals surface area contributed by atoms with Crippen molar-refractivity contribution >= 4 is 11.8 Å². The molecular formula is C13H19FN4. The molecule has 1 aromatic heterocycles. The highest BCUT2D eigenvalue weighted by atomic mass is 19.1. The van der Waals surface area contributed by atoms with E-state index in [-0.39, 0.29) is 5.82 Å². The molecule has 0 aromatic carbocycles. The van der Waals surface area contributed by atoms with Gasteiger partial charge in [-0.2, -0.15) is 4.98 Å². The van der Waals surface area contributed by atoms with Crippen LogP contribution in [-0.4, -0.2) is 29.6 Å². The Labute approximate surface area is 107 Å². The van der Waals surface area contributed by atoms with Crippen LogP contribution in [0.1, 0.15) is 32.1 Å². The molecule has 0 spiro atoms. The van der Waals surface area contributed by atoms with Crippen molar-refractivity contribution in [3.8, 4) is 0 Å². The lowest BCUT2D eigenvalue weighted by Crippen LogP contribution is -2.43. The third-order valence-electron chi connectivity index (χ3n) is 4.21. The summed E-state index contributed by atoms with van der Waals surface area (Å²) in [6, 6.07) is 0.479. The van der Waals surface area contributed by atoms with Gasteiger partial charge in [0, 0.05) is 19.6 Å². The zero-order valence-electron chi connectivity index (χ0n) is 10.7. The fraction of sp³-hybridized carbons (Fsp3) is 0.692. The fourth-order valence-electron chi connectivity index (χ4n) is 3.40. The Morgan fingerprint density at radius 3 is 3.00 bits per heavy atom. The Balaban J connectivity index is 1.93. The number of piperidine rings is 1. The van der Waals surface area contributed by atoms with E-state index < -0.39 is 0 Å². The average Bonchev–Trinajstić information content (AvgIpc) is 2.87. The summed E-state index contributed by atoms with van der Waals surface area (Å²) in [5.74, 6) is 1.39.